The molecule has 0 saturated carbocycles. The van der Waals surface area contributed by atoms with Crippen molar-refractivity contribution in [2.24, 2.45) is 11.8 Å². The number of fused-ring (bicyclic) bond motifs is 1. The molecule has 2 unspecified atom stereocenters. The van der Waals surface area contributed by atoms with Crippen molar-refractivity contribution in [1.29, 1.82) is 0 Å². The van der Waals surface area contributed by atoms with Gasteiger partial charge >= 0.3 is 0 Å². The zero-order valence-corrected chi connectivity index (χ0v) is 25.0. The smallest absolute Gasteiger partial charge is 0.154 e. The predicted octanol–water partition coefficient (Wildman–Crippen LogP) is 9.15. The fraction of sp³-hybridized carbons (Fsp3) is 0.515. The minimum atomic E-state index is -0.486. The summed E-state index contributed by atoms with van der Waals surface area (Å²) in [4.78, 5) is 0. The van der Waals surface area contributed by atoms with Crippen molar-refractivity contribution in [2.75, 3.05) is 19.8 Å². The Bertz CT molecular complexity index is 1150. The summed E-state index contributed by atoms with van der Waals surface area (Å²) in [5.74, 6) is -0.520. The summed E-state index contributed by atoms with van der Waals surface area (Å²) in [6, 6.07) is 9.30. The van der Waals surface area contributed by atoms with E-state index >= 15 is 0 Å². The van der Waals surface area contributed by atoms with Gasteiger partial charge in [-0.25, -0.2) is 17.6 Å². The topological polar surface area (TPSA) is 27.7 Å². The molecule has 7 heteroatoms. The molecule has 2 saturated heterocycles. The van der Waals surface area contributed by atoms with Crippen LogP contribution in [-0.4, -0.2) is 32.2 Å². The van der Waals surface area contributed by atoms with Crippen LogP contribution in [0.15, 0.2) is 36.4 Å². The third kappa shape index (κ3) is 10.8. The lowest BCUT2D eigenvalue weighted by Gasteiger charge is -2.24. The van der Waals surface area contributed by atoms with Crippen LogP contribution in [0.1, 0.15) is 62.8 Å². The largest absolute Gasteiger partial charge is 0.378 e. The van der Waals surface area contributed by atoms with Gasteiger partial charge in [0.05, 0.1) is 19.3 Å². The first kappa shape index (κ1) is 33.7. The summed E-state index contributed by atoms with van der Waals surface area (Å²) in [5.41, 5.74) is 1.78. The second-order valence-electron chi connectivity index (χ2n) is 11.0. The average molecular weight is 565 g/mol. The number of aryl methyl sites for hydroxylation is 2. The summed E-state index contributed by atoms with van der Waals surface area (Å²) in [6.45, 7) is 17.5. The van der Waals surface area contributed by atoms with Gasteiger partial charge in [-0.1, -0.05) is 37.6 Å². The van der Waals surface area contributed by atoms with Gasteiger partial charge in [0.2, 0.25) is 0 Å². The first-order valence-corrected chi connectivity index (χ1v) is 13.9. The molecule has 3 aromatic rings. The van der Waals surface area contributed by atoms with E-state index in [9.17, 15) is 17.6 Å². The molecule has 3 nitrogen and oxygen atoms in total. The Kier molecular flexibility index (Phi) is 13.6. The number of hydrogen-bond acceptors (Lipinski definition) is 3. The molecule has 0 aliphatic carbocycles. The van der Waals surface area contributed by atoms with Gasteiger partial charge in [0.1, 0.15) is 23.3 Å². The molecule has 2 atom stereocenters. The molecule has 0 radical (unpaired) electrons. The van der Waals surface area contributed by atoms with Crippen molar-refractivity contribution in [1.82, 2.24) is 0 Å². The van der Waals surface area contributed by atoms with E-state index in [1.54, 1.807) is 19.1 Å². The molecule has 2 fully saturated rings. The molecule has 0 spiro atoms. The molecule has 3 aromatic carbocycles. The maximum absolute atomic E-state index is 13.6. The Hall–Kier alpha value is -2.48. The minimum Gasteiger partial charge on any atom is -0.378 e. The Morgan fingerprint density at radius 3 is 1.65 bits per heavy atom. The zero-order valence-electron chi connectivity index (χ0n) is 25.0. The molecule has 0 amide bonds. The molecule has 2 heterocycles. The molecular formula is C33H44F4O3. The third-order valence-electron chi connectivity index (χ3n) is 6.80. The van der Waals surface area contributed by atoms with Gasteiger partial charge in [0.15, 0.2) is 6.29 Å². The number of ether oxygens (including phenoxy) is 3. The molecule has 0 N–H and O–H groups in total. The fourth-order valence-corrected chi connectivity index (χ4v) is 4.04. The van der Waals surface area contributed by atoms with Gasteiger partial charge in [-0.05, 0) is 89.5 Å². The van der Waals surface area contributed by atoms with Crippen LogP contribution in [0.5, 0.6) is 0 Å². The van der Waals surface area contributed by atoms with Crippen molar-refractivity contribution in [2.45, 2.75) is 80.6 Å². The van der Waals surface area contributed by atoms with Crippen LogP contribution in [0.4, 0.5) is 17.6 Å². The van der Waals surface area contributed by atoms with Crippen molar-refractivity contribution in [3.8, 4) is 0 Å². The third-order valence-corrected chi connectivity index (χ3v) is 6.80. The molecule has 222 valence electrons. The molecule has 0 bridgehead atoms. The number of hydrogen-bond donors (Lipinski definition) is 0. The maximum Gasteiger partial charge on any atom is 0.154 e. The summed E-state index contributed by atoms with van der Waals surface area (Å²) < 4.78 is 67.7. The van der Waals surface area contributed by atoms with E-state index in [2.05, 4.69) is 20.8 Å². The second-order valence-corrected chi connectivity index (χ2v) is 11.0. The van der Waals surface area contributed by atoms with Gasteiger partial charge in [-0.3, -0.25) is 0 Å². The van der Waals surface area contributed by atoms with Gasteiger partial charge in [0.25, 0.3) is 0 Å². The van der Waals surface area contributed by atoms with Gasteiger partial charge in [-0.2, -0.15) is 0 Å². The van der Waals surface area contributed by atoms with Crippen molar-refractivity contribution < 1.29 is 31.8 Å². The van der Waals surface area contributed by atoms with Crippen molar-refractivity contribution in [3.05, 3.63) is 81.9 Å². The molecule has 40 heavy (non-hydrogen) atoms. The highest BCUT2D eigenvalue weighted by molar-refractivity contribution is 5.84. The van der Waals surface area contributed by atoms with Crippen LogP contribution in [0.2, 0.25) is 0 Å². The van der Waals surface area contributed by atoms with Crippen LogP contribution >= 0.6 is 0 Å². The van der Waals surface area contributed by atoms with Crippen LogP contribution < -0.4 is 0 Å². The quantitative estimate of drug-likeness (QED) is 0.255. The monoisotopic (exact) mass is 564 g/mol. The molecule has 2 aliphatic rings. The highest BCUT2D eigenvalue weighted by Crippen LogP contribution is 2.24. The van der Waals surface area contributed by atoms with Gasteiger partial charge in [0, 0.05) is 29.0 Å². The average Bonchev–Trinajstić information content (AvgIpc) is 2.90. The van der Waals surface area contributed by atoms with E-state index < -0.39 is 23.3 Å². The van der Waals surface area contributed by atoms with Crippen LogP contribution in [0.25, 0.3) is 10.8 Å². The molecule has 5 rings (SSSR count). The fourth-order valence-electron chi connectivity index (χ4n) is 4.04. The van der Waals surface area contributed by atoms with E-state index in [-0.39, 0.29) is 17.4 Å². The lowest BCUT2D eigenvalue weighted by Crippen LogP contribution is -2.27. The minimum absolute atomic E-state index is 0.0196. The van der Waals surface area contributed by atoms with E-state index in [0.717, 1.165) is 31.3 Å². The summed E-state index contributed by atoms with van der Waals surface area (Å²) >= 11 is 0. The van der Waals surface area contributed by atoms with Crippen LogP contribution in [0.3, 0.4) is 0 Å². The van der Waals surface area contributed by atoms with Crippen LogP contribution in [-0.2, 0) is 14.2 Å². The number of rotatable bonds is 0. The van der Waals surface area contributed by atoms with Crippen molar-refractivity contribution in [3.63, 3.8) is 0 Å². The Labute approximate surface area is 236 Å². The van der Waals surface area contributed by atoms with E-state index in [4.69, 9.17) is 14.2 Å². The Morgan fingerprint density at radius 2 is 1.15 bits per heavy atom. The Morgan fingerprint density at radius 1 is 0.600 bits per heavy atom. The first-order valence-electron chi connectivity index (χ1n) is 13.9. The second kappa shape index (κ2) is 16.1. The first-order chi connectivity index (χ1) is 18.8. The number of benzene rings is 3. The molecular weight excluding hydrogens is 520 g/mol. The Balaban J connectivity index is 0.000000193. The van der Waals surface area contributed by atoms with Gasteiger partial charge < -0.3 is 14.2 Å². The maximum atomic E-state index is 13.6. The van der Waals surface area contributed by atoms with E-state index in [1.807, 2.05) is 19.9 Å². The standard InChI is InChI=1S/C12H10F2.C8H8F2.C7H14O.C6H12O2/c1-7-3-4-10-9(5-7)6-11(13)8(2)12(10)14;1-5-3-7(9)6(2)8(10)4-5;1-6-3-4-7(2)8-5-6;1-5-3-7-6(2)8-4-5/h3-6H,1-2H3;3-4H,1-2H3;6-7H,3-5H2,1-2H3;5-6H,3-4H2,1-2H3. The zero-order chi connectivity index (χ0) is 30.0. The predicted molar refractivity (Wildman–Crippen MR) is 154 cm³/mol. The van der Waals surface area contributed by atoms with E-state index in [1.165, 1.54) is 44.9 Å². The number of halogens is 4. The normalized spacial score (nSPS) is 22.2. The van der Waals surface area contributed by atoms with E-state index in [0.29, 0.717) is 28.4 Å². The molecule has 2 aliphatic heterocycles. The van der Waals surface area contributed by atoms with Crippen LogP contribution in [0, 0.1) is 62.8 Å². The summed E-state index contributed by atoms with van der Waals surface area (Å²) in [5, 5.41) is 1.10. The van der Waals surface area contributed by atoms with Gasteiger partial charge in [-0.15, -0.1) is 0 Å². The lowest BCUT2D eigenvalue weighted by molar-refractivity contribution is -0.187. The molecule has 0 aromatic heterocycles. The highest BCUT2D eigenvalue weighted by Gasteiger charge is 2.14. The SMILES string of the molecule is CC1CCC(C)OC1.CC1COC(C)OC1.Cc1cc(F)c(C)c(F)c1.Cc1ccc2c(F)c(C)c(F)cc2c1. The van der Waals surface area contributed by atoms with Crippen molar-refractivity contribution >= 4 is 10.8 Å². The highest BCUT2D eigenvalue weighted by atomic mass is 19.1. The summed E-state index contributed by atoms with van der Waals surface area (Å²) in [7, 11) is 0. The summed E-state index contributed by atoms with van der Waals surface area (Å²) in [6.07, 6.45) is 3.14. The lowest BCUT2D eigenvalue weighted by atomic mass is 10.0.